The van der Waals surface area contributed by atoms with E-state index < -0.39 is 10.0 Å². The lowest BCUT2D eigenvalue weighted by Gasteiger charge is -2.24. The van der Waals surface area contributed by atoms with E-state index in [4.69, 9.17) is 0 Å². The van der Waals surface area contributed by atoms with Crippen LogP contribution in [0.1, 0.15) is 44.1 Å². The minimum absolute atomic E-state index is 0.0725. The number of nitrogens with one attached hydrogen (secondary N) is 1. The summed E-state index contributed by atoms with van der Waals surface area (Å²) < 4.78 is 25.1. The van der Waals surface area contributed by atoms with Gasteiger partial charge in [0, 0.05) is 37.9 Å². The Morgan fingerprint density at radius 3 is 2.70 bits per heavy atom. The SMILES string of the molecule is CS(=O)(=O)N(CCC(=O)NC1CCCCC1)Cc1cccnc1. The molecule has 2 rings (SSSR count). The number of rotatable bonds is 7. The molecule has 0 saturated heterocycles. The van der Waals surface area contributed by atoms with Gasteiger partial charge < -0.3 is 5.32 Å². The lowest BCUT2D eigenvalue weighted by molar-refractivity contribution is -0.122. The predicted octanol–water partition coefficient (Wildman–Crippen LogP) is 1.68. The first kappa shape index (κ1) is 17.9. The quantitative estimate of drug-likeness (QED) is 0.820. The van der Waals surface area contributed by atoms with E-state index in [-0.39, 0.29) is 31.5 Å². The fourth-order valence-electron chi connectivity index (χ4n) is 2.83. The number of carbonyl (C=O) groups is 1. The van der Waals surface area contributed by atoms with Crippen molar-refractivity contribution in [1.29, 1.82) is 0 Å². The van der Waals surface area contributed by atoms with Crippen molar-refractivity contribution in [2.45, 2.75) is 51.1 Å². The zero-order valence-corrected chi connectivity index (χ0v) is 14.4. The monoisotopic (exact) mass is 339 g/mol. The molecule has 7 heteroatoms. The average Bonchev–Trinajstić information content (AvgIpc) is 2.52. The summed E-state index contributed by atoms with van der Waals surface area (Å²) in [5.74, 6) is -0.0725. The summed E-state index contributed by atoms with van der Waals surface area (Å²) in [5.41, 5.74) is 0.811. The summed E-state index contributed by atoms with van der Waals surface area (Å²) in [6, 6.07) is 3.85. The number of hydrogen-bond donors (Lipinski definition) is 1. The van der Waals surface area contributed by atoms with Crippen molar-refractivity contribution in [2.75, 3.05) is 12.8 Å². The van der Waals surface area contributed by atoms with Gasteiger partial charge in [-0.2, -0.15) is 4.31 Å². The topological polar surface area (TPSA) is 79.4 Å². The van der Waals surface area contributed by atoms with Gasteiger partial charge in [-0.3, -0.25) is 9.78 Å². The Labute approximate surface area is 138 Å². The van der Waals surface area contributed by atoms with Crippen LogP contribution in [0.4, 0.5) is 0 Å². The Bertz CT molecular complexity index is 598. The second-order valence-electron chi connectivity index (χ2n) is 6.11. The molecule has 1 aromatic rings. The molecule has 1 aliphatic carbocycles. The molecule has 0 atom stereocenters. The zero-order valence-electron chi connectivity index (χ0n) is 13.6. The summed E-state index contributed by atoms with van der Waals surface area (Å²) in [5, 5.41) is 3.02. The van der Waals surface area contributed by atoms with Crippen LogP contribution in [-0.4, -0.2) is 42.5 Å². The molecule has 1 saturated carbocycles. The van der Waals surface area contributed by atoms with Gasteiger partial charge in [0.1, 0.15) is 0 Å². The van der Waals surface area contributed by atoms with Crippen molar-refractivity contribution in [2.24, 2.45) is 0 Å². The molecule has 0 spiro atoms. The molecule has 0 unspecified atom stereocenters. The van der Waals surface area contributed by atoms with Crippen LogP contribution in [0.15, 0.2) is 24.5 Å². The van der Waals surface area contributed by atoms with Gasteiger partial charge in [-0.1, -0.05) is 25.3 Å². The number of pyridine rings is 1. The Morgan fingerprint density at radius 1 is 1.35 bits per heavy atom. The molecule has 1 aromatic heterocycles. The van der Waals surface area contributed by atoms with Crippen LogP contribution in [0.25, 0.3) is 0 Å². The number of aromatic nitrogens is 1. The molecular weight excluding hydrogens is 314 g/mol. The van der Waals surface area contributed by atoms with Crippen LogP contribution in [0, 0.1) is 0 Å². The summed E-state index contributed by atoms with van der Waals surface area (Å²) in [7, 11) is -3.37. The van der Waals surface area contributed by atoms with E-state index in [1.54, 1.807) is 18.5 Å². The van der Waals surface area contributed by atoms with E-state index in [0.717, 1.165) is 31.2 Å². The maximum Gasteiger partial charge on any atom is 0.221 e. The molecule has 6 nitrogen and oxygen atoms in total. The highest BCUT2D eigenvalue weighted by atomic mass is 32.2. The molecule has 0 bridgehead atoms. The summed E-state index contributed by atoms with van der Waals surface area (Å²) >= 11 is 0. The molecule has 0 aliphatic heterocycles. The van der Waals surface area contributed by atoms with Crippen LogP contribution in [0.3, 0.4) is 0 Å². The van der Waals surface area contributed by atoms with Crippen molar-refractivity contribution in [3.63, 3.8) is 0 Å². The maximum absolute atomic E-state index is 12.1. The highest BCUT2D eigenvalue weighted by Gasteiger charge is 2.20. The van der Waals surface area contributed by atoms with Crippen molar-refractivity contribution < 1.29 is 13.2 Å². The molecule has 1 amide bonds. The number of amides is 1. The number of sulfonamides is 1. The average molecular weight is 339 g/mol. The Balaban J connectivity index is 1.86. The molecule has 23 heavy (non-hydrogen) atoms. The van der Waals surface area contributed by atoms with Crippen LogP contribution in [-0.2, 0) is 21.4 Å². The number of carbonyl (C=O) groups excluding carboxylic acids is 1. The summed E-state index contributed by atoms with van der Waals surface area (Å²) in [6.07, 6.45) is 10.2. The van der Waals surface area contributed by atoms with Crippen LogP contribution in [0.2, 0.25) is 0 Å². The van der Waals surface area contributed by atoms with Gasteiger partial charge in [-0.25, -0.2) is 8.42 Å². The van der Waals surface area contributed by atoms with Crippen LogP contribution in [0.5, 0.6) is 0 Å². The first-order valence-electron chi connectivity index (χ1n) is 8.08. The standard InChI is InChI=1S/C16H25N3O3S/c1-23(21,22)19(13-14-6-5-10-17-12-14)11-9-16(20)18-15-7-3-2-4-8-15/h5-6,10,12,15H,2-4,7-9,11,13H2,1H3,(H,18,20). The van der Waals surface area contributed by atoms with E-state index in [9.17, 15) is 13.2 Å². The fraction of sp³-hybridized carbons (Fsp3) is 0.625. The fourth-order valence-corrected chi connectivity index (χ4v) is 3.64. The molecule has 1 aliphatic rings. The Hall–Kier alpha value is -1.47. The molecule has 0 aromatic carbocycles. The van der Waals surface area contributed by atoms with Gasteiger partial charge >= 0.3 is 0 Å². The smallest absolute Gasteiger partial charge is 0.221 e. The lowest BCUT2D eigenvalue weighted by Crippen LogP contribution is -2.39. The molecular formula is C16H25N3O3S. The van der Waals surface area contributed by atoms with Crippen molar-refractivity contribution in [3.8, 4) is 0 Å². The third-order valence-corrected chi connectivity index (χ3v) is 5.36. The normalized spacial score (nSPS) is 16.4. The van der Waals surface area contributed by atoms with E-state index >= 15 is 0 Å². The Morgan fingerprint density at radius 2 is 2.09 bits per heavy atom. The maximum atomic E-state index is 12.1. The van der Waals surface area contributed by atoms with Gasteiger partial charge in [-0.15, -0.1) is 0 Å². The van der Waals surface area contributed by atoms with Gasteiger partial charge in [0.05, 0.1) is 6.26 Å². The zero-order chi connectivity index (χ0) is 16.7. The minimum atomic E-state index is -3.37. The molecule has 128 valence electrons. The second-order valence-corrected chi connectivity index (χ2v) is 8.09. The van der Waals surface area contributed by atoms with E-state index in [1.165, 1.54) is 17.0 Å². The highest BCUT2D eigenvalue weighted by Crippen LogP contribution is 2.17. The first-order chi connectivity index (χ1) is 10.9. The summed E-state index contributed by atoms with van der Waals surface area (Å²) in [6.45, 7) is 0.426. The second kappa shape index (κ2) is 8.40. The molecule has 1 N–H and O–H groups in total. The van der Waals surface area contributed by atoms with Gasteiger partial charge in [-0.05, 0) is 24.5 Å². The molecule has 0 radical (unpaired) electrons. The third kappa shape index (κ3) is 6.27. The number of hydrogen-bond acceptors (Lipinski definition) is 4. The third-order valence-electron chi connectivity index (χ3n) is 4.11. The largest absolute Gasteiger partial charge is 0.353 e. The van der Waals surface area contributed by atoms with Crippen molar-refractivity contribution in [3.05, 3.63) is 30.1 Å². The Kier molecular flexibility index (Phi) is 6.53. The van der Waals surface area contributed by atoms with E-state index in [0.29, 0.717) is 0 Å². The minimum Gasteiger partial charge on any atom is -0.353 e. The van der Waals surface area contributed by atoms with Crippen molar-refractivity contribution in [1.82, 2.24) is 14.6 Å². The van der Waals surface area contributed by atoms with Gasteiger partial charge in [0.2, 0.25) is 15.9 Å². The van der Waals surface area contributed by atoms with E-state index in [2.05, 4.69) is 10.3 Å². The van der Waals surface area contributed by atoms with Gasteiger partial charge in [0.15, 0.2) is 0 Å². The predicted molar refractivity (Wildman–Crippen MR) is 89.1 cm³/mol. The molecule has 1 heterocycles. The van der Waals surface area contributed by atoms with Gasteiger partial charge in [0.25, 0.3) is 0 Å². The molecule has 1 fully saturated rings. The number of nitrogens with zero attached hydrogens (tertiary/aromatic N) is 2. The van der Waals surface area contributed by atoms with Crippen LogP contribution >= 0.6 is 0 Å². The lowest BCUT2D eigenvalue weighted by atomic mass is 9.95. The van der Waals surface area contributed by atoms with Crippen LogP contribution < -0.4 is 5.32 Å². The highest BCUT2D eigenvalue weighted by molar-refractivity contribution is 7.88. The van der Waals surface area contributed by atoms with E-state index in [1.807, 2.05) is 6.07 Å². The summed E-state index contributed by atoms with van der Waals surface area (Å²) in [4.78, 5) is 16.0. The van der Waals surface area contributed by atoms with Crippen molar-refractivity contribution >= 4 is 15.9 Å². The first-order valence-corrected chi connectivity index (χ1v) is 9.93.